The molecule has 2 aromatic carbocycles. The number of carbonyl (C=O) groups is 2. The summed E-state index contributed by atoms with van der Waals surface area (Å²) >= 11 is 6.85. The van der Waals surface area contributed by atoms with Crippen LogP contribution in [0.25, 0.3) is 0 Å². The molecule has 8 heteroatoms. The molecule has 0 unspecified atom stereocenters. The molecule has 1 aliphatic rings. The summed E-state index contributed by atoms with van der Waals surface area (Å²) in [5.41, 5.74) is 5.14. The van der Waals surface area contributed by atoms with Crippen molar-refractivity contribution in [2.45, 2.75) is 26.7 Å². The van der Waals surface area contributed by atoms with Crippen LogP contribution in [0, 0.1) is 0 Å². The maximum atomic E-state index is 11.6. The van der Waals surface area contributed by atoms with E-state index in [1.165, 1.54) is 19.8 Å². The topological polar surface area (TPSA) is 71.1 Å². The standard InChI is InChI=1S/C15H17BrO3.C13H13BrO3/c1-5-6-19-14-11(7-10(2)3)8-12(9-13(14)16)15(17)18-4;1-8-3-4-17-12-9(5-8)6-10(7-11(12)14)13(15)16-2/h5,8-9H,1-2,6-7H2,3-4H3;3,6-7H,4-5H2,1-2H3. The Balaban J connectivity index is 0.000000255. The number of hydrogen-bond acceptors (Lipinski definition) is 6. The predicted octanol–water partition coefficient (Wildman–Crippen LogP) is 7.04. The molecule has 6 nitrogen and oxygen atoms in total. The van der Waals surface area contributed by atoms with E-state index in [1.807, 2.05) is 19.1 Å². The number of rotatable bonds is 7. The van der Waals surface area contributed by atoms with Gasteiger partial charge in [0.25, 0.3) is 0 Å². The van der Waals surface area contributed by atoms with Gasteiger partial charge in [-0.15, -0.1) is 0 Å². The quantitative estimate of drug-likeness (QED) is 0.244. The van der Waals surface area contributed by atoms with E-state index in [1.54, 1.807) is 24.3 Å². The normalized spacial score (nSPS) is 11.9. The minimum Gasteiger partial charge on any atom is -0.488 e. The van der Waals surface area contributed by atoms with Crippen molar-refractivity contribution in [3.8, 4) is 11.5 Å². The molecular weight excluding hydrogens is 592 g/mol. The van der Waals surface area contributed by atoms with Crippen LogP contribution in [0.4, 0.5) is 0 Å². The molecule has 0 radical (unpaired) electrons. The first-order valence-corrected chi connectivity index (χ1v) is 12.7. The van der Waals surface area contributed by atoms with E-state index >= 15 is 0 Å². The van der Waals surface area contributed by atoms with Crippen LogP contribution >= 0.6 is 31.9 Å². The number of halogens is 2. The van der Waals surface area contributed by atoms with E-state index in [4.69, 9.17) is 18.9 Å². The minimum absolute atomic E-state index is 0.334. The Hall–Kier alpha value is -2.84. The third kappa shape index (κ3) is 8.10. The van der Waals surface area contributed by atoms with Gasteiger partial charge in [-0.05, 0) is 88.9 Å². The molecule has 0 aliphatic carbocycles. The second kappa shape index (κ2) is 14.0. The Labute approximate surface area is 229 Å². The maximum absolute atomic E-state index is 11.6. The Morgan fingerprint density at radius 1 is 1.06 bits per heavy atom. The molecule has 3 rings (SSSR count). The van der Waals surface area contributed by atoms with Crippen molar-refractivity contribution in [1.82, 2.24) is 0 Å². The molecule has 0 saturated heterocycles. The van der Waals surface area contributed by atoms with Crippen molar-refractivity contribution in [3.63, 3.8) is 0 Å². The second-order valence-corrected chi connectivity index (χ2v) is 9.86. The summed E-state index contributed by atoms with van der Waals surface area (Å²) in [6.07, 6.45) is 5.14. The van der Waals surface area contributed by atoms with Gasteiger partial charge in [0.2, 0.25) is 0 Å². The lowest BCUT2D eigenvalue weighted by Gasteiger charge is -2.14. The highest BCUT2D eigenvalue weighted by Crippen LogP contribution is 2.34. The number of allylic oxidation sites excluding steroid dienone is 2. The van der Waals surface area contributed by atoms with E-state index in [2.05, 4.69) is 51.9 Å². The van der Waals surface area contributed by atoms with Crippen LogP contribution < -0.4 is 9.47 Å². The second-order valence-electron chi connectivity index (χ2n) is 8.15. The zero-order valence-corrected chi connectivity index (χ0v) is 24.1. The largest absolute Gasteiger partial charge is 0.488 e. The van der Waals surface area contributed by atoms with Crippen LogP contribution in [0.5, 0.6) is 11.5 Å². The highest BCUT2D eigenvalue weighted by molar-refractivity contribution is 9.11. The number of benzene rings is 2. The van der Waals surface area contributed by atoms with Gasteiger partial charge >= 0.3 is 11.9 Å². The lowest BCUT2D eigenvalue weighted by molar-refractivity contribution is 0.0591. The van der Waals surface area contributed by atoms with Gasteiger partial charge in [-0.1, -0.05) is 30.4 Å². The molecule has 0 N–H and O–H groups in total. The van der Waals surface area contributed by atoms with Gasteiger partial charge in [-0.2, -0.15) is 0 Å². The fourth-order valence-corrected chi connectivity index (χ4v) is 4.70. The molecule has 0 saturated carbocycles. The highest BCUT2D eigenvalue weighted by Gasteiger charge is 2.17. The van der Waals surface area contributed by atoms with E-state index in [0.29, 0.717) is 41.0 Å². The molecular formula is C28H30Br2O6. The first-order valence-electron chi connectivity index (χ1n) is 11.1. The van der Waals surface area contributed by atoms with Gasteiger partial charge in [-0.25, -0.2) is 9.59 Å². The van der Waals surface area contributed by atoms with Gasteiger partial charge in [0.1, 0.15) is 24.7 Å². The van der Waals surface area contributed by atoms with Crippen LogP contribution in [0.2, 0.25) is 0 Å². The van der Waals surface area contributed by atoms with Gasteiger partial charge in [0.05, 0.1) is 34.3 Å². The van der Waals surface area contributed by atoms with E-state index in [0.717, 1.165) is 33.3 Å². The van der Waals surface area contributed by atoms with Crippen LogP contribution in [0.1, 0.15) is 45.7 Å². The zero-order chi connectivity index (χ0) is 26.8. The van der Waals surface area contributed by atoms with E-state index in [9.17, 15) is 9.59 Å². The first kappa shape index (κ1) is 29.4. The summed E-state index contributed by atoms with van der Waals surface area (Å²) < 4.78 is 22.2. The summed E-state index contributed by atoms with van der Waals surface area (Å²) in [5, 5.41) is 0. The fraction of sp³-hybridized carbons (Fsp3) is 0.286. The molecule has 0 amide bonds. The van der Waals surface area contributed by atoms with Crippen molar-refractivity contribution >= 4 is 43.8 Å². The number of fused-ring (bicyclic) bond motifs is 1. The number of ether oxygens (including phenoxy) is 4. The first-order chi connectivity index (χ1) is 17.1. The van der Waals surface area contributed by atoms with Gasteiger partial charge in [0.15, 0.2) is 0 Å². The average molecular weight is 622 g/mol. The Morgan fingerprint density at radius 3 is 2.25 bits per heavy atom. The molecule has 0 atom stereocenters. The molecule has 0 spiro atoms. The number of esters is 2. The maximum Gasteiger partial charge on any atom is 0.337 e. The Kier molecular flexibility index (Phi) is 11.5. The van der Waals surface area contributed by atoms with Crippen molar-refractivity contribution in [3.05, 3.63) is 91.9 Å². The Bertz CT molecular complexity index is 1180. The zero-order valence-electron chi connectivity index (χ0n) is 20.9. The lowest BCUT2D eigenvalue weighted by atomic mass is 10.0. The minimum atomic E-state index is -0.376. The molecule has 36 heavy (non-hydrogen) atoms. The van der Waals surface area contributed by atoms with Crippen molar-refractivity contribution in [1.29, 1.82) is 0 Å². The smallest absolute Gasteiger partial charge is 0.337 e. The summed E-state index contributed by atoms with van der Waals surface area (Å²) in [6.45, 7) is 12.5. The highest BCUT2D eigenvalue weighted by atomic mass is 79.9. The van der Waals surface area contributed by atoms with Crippen LogP contribution in [-0.2, 0) is 22.3 Å². The van der Waals surface area contributed by atoms with Gasteiger partial charge in [0, 0.05) is 11.1 Å². The van der Waals surface area contributed by atoms with Crippen molar-refractivity contribution in [2.24, 2.45) is 0 Å². The van der Waals surface area contributed by atoms with Crippen molar-refractivity contribution < 1.29 is 28.5 Å². The van der Waals surface area contributed by atoms with E-state index < -0.39 is 0 Å². The van der Waals surface area contributed by atoms with Gasteiger partial charge in [-0.3, -0.25) is 0 Å². The van der Waals surface area contributed by atoms with Crippen molar-refractivity contribution in [2.75, 3.05) is 27.4 Å². The predicted molar refractivity (Wildman–Crippen MR) is 148 cm³/mol. The molecule has 0 fully saturated rings. The molecule has 2 aromatic rings. The summed E-state index contributed by atoms with van der Waals surface area (Å²) in [6, 6.07) is 7.01. The molecule has 1 aliphatic heterocycles. The van der Waals surface area contributed by atoms with Crippen LogP contribution in [0.15, 0.2) is 69.7 Å². The molecule has 1 heterocycles. The fourth-order valence-electron chi connectivity index (χ4n) is 3.47. The summed E-state index contributed by atoms with van der Waals surface area (Å²) in [4.78, 5) is 23.1. The van der Waals surface area contributed by atoms with Gasteiger partial charge < -0.3 is 18.9 Å². The average Bonchev–Trinajstić information content (AvgIpc) is 3.03. The number of carbonyl (C=O) groups excluding carboxylic acids is 2. The number of methoxy groups -OCH3 is 2. The summed E-state index contributed by atoms with van der Waals surface area (Å²) in [7, 11) is 2.74. The SMILES string of the molecule is C=CCOc1c(Br)cc(C(=O)OC)cc1CC(=C)C.COC(=O)c1cc(Br)c2c(c1)CC(C)=CCO2. The number of hydrogen-bond donors (Lipinski definition) is 0. The molecule has 0 bridgehead atoms. The summed E-state index contributed by atoms with van der Waals surface area (Å²) in [5.74, 6) is 0.805. The third-order valence-electron chi connectivity index (χ3n) is 5.05. The van der Waals surface area contributed by atoms with Crippen LogP contribution in [-0.4, -0.2) is 39.4 Å². The third-order valence-corrected chi connectivity index (χ3v) is 6.23. The molecule has 0 aromatic heterocycles. The van der Waals surface area contributed by atoms with E-state index in [-0.39, 0.29) is 11.9 Å². The Morgan fingerprint density at radius 2 is 1.67 bits per heavy atom. The monoisotopic (exact) mass is 620 g/mol. The van der Waals surface area contributed by atoms with Crippen LogP contribution in [0.3, 0.4) is 0 Å². The lowest BCUT2D eigenvalue weighted by Crippen LogP contribution is -2.05. The molecule has 192 valence electrons.